The van der Waals surface area contributed by atoms with Crippen LogP contribution in [0.25, 0.3) is 11.0 Å². The first kappa shape index (κ1) is 21.0. The number of rotatable bonds is 5. The lowest BCUT2D eigenvalue weighted by Gasteiger charge is -2.31. The lowest BCUT2D eigenvalue weighted by atomic mass is 9.95. The van der Waals surface area contributed by atoms with Gasteiger partial charge in [-0.05, 0) is 51.7 Å². The molecule has 2 aromatic rings. The lowest BCUT2D eigenvalue weighted by Crippen LogP contribution is -2.43. The number of fused-ring (bicyclic) bond motifs is 1. The van der Waals surface area contributed by atoms with Gasteiger partial charge < -0.3 is 14.7 Å². The van der Waals surface area contributed by atoms with E-state index in [1.807, 2.05) is 26.8 Å². The highest BCUT2D eigenvalue weighted by molar-refractivity contribution is 5.72. The first-order valence-electron chi connectivity index (χ1n) is 9.80. The summed E-state index contributed by atoms with van der Waals surface area (Å²) in [6.45, 7) is 9.95. The van der Waals surface area contributed by atoms with Gasteiger partial charge in [-0.25, -0.2) is 14.8 Å². The Balaban J connectivity index is 1.74. The lowest BCUT2D eigenvalue weighted by molar-refractivity contribution is 0.0153. The van der Waals surface area contributed by atoms with Gasteiger partial charge in [-0.1, -0.05) is 6.08 Å². The zero-order valence-electron chi connectivity index (χ0n) is 17.1. The minimum Gasteiger partial charge on any atom is -0.444 e. The van der Waals surface area contributed by atoms with E-state index in [0.717, 1.165) is 6.42 Å². The fourth-order valence-electron chi connectivity index (χ4n) is 3.70. The van der Waals surface area contributed by atoms with Crippen molar-refractivity contribution in [3.8, 4) is 0 Å². The summed E-state index contributed by atoms with van der Waals surface area (Å²) in [4.78, 5) is 35.2. The molecule has 0 spiro atoms. The highest BCUT2D eigenvalue weighted by Gasteiger charge is 2.38. The van der Waals surface area contributed by atoms with E-state index in [-0.39, 0.29) is 29.6 Å². The maximum absolute atomic E-state index is 12.6. The third kappa shape index (κ3) is 4.82. The number of nitrogens with zero attached hydrogens (tertiary/aromatic N) is 4. The zero-order chi connectivity index (χ0) is 21.2. The van der Waals surface area contributed by atoms with Crippen LogP contribution in [0.2, 0.25) is 0 Å². The van der Waals surface area contributed by atoms with Crippen LogP contribution in [0.1, 0.15) is 33.6 Å². The maximum atomic E-state index is 12.6. The molecule has 0 aromatic carbocycles. The van der Waals surface area contributed by atoms with Crippen LogP contribution >= 0.6 is 0 Å². The summed E-state index contributed by atoms with van der Waals surface area (Å²) in [7, 11) is 0. The Morgan fingerprint density at radius 1 is 1.45 bits per heavy atom. The number of aromatic nitrogens is 3. The number of hydrogen-bond donors (Lipinski definition) is 1. The van der Waals surface area contributed by atoms with Gasteiger partial charge in [0.1, 0.15) is 5.60 Å². The Kier molecular flexibility index (Phi) is 6.02. The molecule has 1 amide bonds. The van der Waals surface area contributed by atoms with Crippen molar-refractivity contribution in [2.45, 2.75) is 57.9 Å². The van der Waals surface area contributed by atoms with Gasteiger partial charge in [0.25, 0.3) is 5.56 Å². The molecule has 3 heterocycles. The van der Waals surface area contributed by atoms with Gasteiger partial charge in [-0.15, -0.1) is 6.58 Å². The van der Waals surface area contributed by atoms with Gasteiger partial charge in [0, 0.05) is 18.8 Å². The molecule has 1 aliphatic heterocycles. The predicted octanol–water partition coefficient (Wildman–Crippen LogP) is 2.35. The first-order valence-corrected chi connectivity index (χ1v) is 9.80. The van der Waals surface area contributed by atoms with Crippen LogP contribution in [-0.4, -0.2) is 54.9 Å². The molecule has 2 aromatic heterocycles. The topological polar surface area (TPSA) is 97.6 Å². The van der Waals surface area contributed by atoms with Gasteiger partial charge in [0.2, 0.25) is 0 Å². The quantitative estimate of drug-likeness (QED) is 0.774. The van der Waals surface area contributed by atoms with E-state index in [2.05, 4.69) is 16.5 Å². The third-order valence-electron chi connectivity index (χ3n) is 5.04. The number of carbonyl (C=O) groups is 1. The van der Waals surface area contributed by atoms with Crippen LogP contribution in [0, 0.1) is 5.92 Å². The molecule has 0 radical (unpaired) electrons. The fourth-order valence-corrected chi connectivity index (χ4v) is 3.70. The summed E-state index contributed by atoms with van der Waals surface area (Å²) in [6, 6.07) is 3.20. The molecule has 156 valence electrons. The van der Waals surface area contributed by atoms with Crippen molar-refractivity contribution in [3.63, 3.8) is 0 Å². The van der Waals surface area contributed by atoms with Crippen LogP contribution in [0.3, 0.4) is 0 Å². The van der Waals surface area contributed by atoms with Crippen molar-refractivity contribution in [3.05, 3.63) is 47.7 Å². The van der Waals surface area contributed by atoms with E-state index in [0.29, 0.717) is 18.5 Å². The third-order valence-corrected chi connectivity index (χ3v) is 5.04. The number of carbonyl (C=O) groups excluding carboxylic acids is 1. The first-order chi connectivity index (χ1) is 13.7. The zero-order valence-corrected chi connectivity index (χ0v) is 17.1. The van der Waals surface area contributed by atoms with E-state index in [1.54, 1.807) is 17.0 Å². The Labute approximate surface area is 169 Å². The summed E-state index contributed by atoms with van der Waals surface area (Å²) in [6.07, 6.45) is 4.61. The molecule has 0 aliphatic carbocycles. The van der Waals surface area contributed by atoms with E-state index in [1.165, 1.54) is 17.1 Å². The van der Waals surface area contributed by atoms with Gasteiger partial charge in [-0.2, -0.15) is 0 Å². The molecule has 1 fully saturated rings. The number of aliphatic hydroxyl groups is 1. The van der Waals surface area contributed by atoms with E-state index in [9.17, 15) is 14.7 Å². The smallest absolute Gasteiger partial charge is 0.410 e. The summed E-state index contributed by atoms with van der Waals surface area (Å²) in [5.41, 5.74) is -0.113. The minimum absolute atomic E-state index is 0.0604. The molecule has 8 heteroatoms. The summed E-state index contributed by atoms with van der Waals surface area (Å²) < 4.78 is 6.87. The van der Waals surface area contributed by atoms with E-state index >= 15 is 0 Å². The average Bonchev–Trinajstić information content (AvgIpc) is 3.05. The van der Waals surface area contributed by atoms with Gasteiger partial charge >= 0.3 is 6.09 Å². The molecular weight excluding hydrogens is 372 g/mol. The van der Waals surface area contributed by atoms with Crippen molar-refractivity contribution < 1.29 is 14.6 Å². The second-order valence-corrected chi connectivity index (χ2v) is 8.39. The molecule has 29 heavy (non-hydrogen) atoms. The molecule has 2 unspecified atom stereocenters. The van der Waals surface area contributed by atoms with Gasteiger partial charge in [0.05, 0.1) is 24.5 Å². The molecular formula is C21H28N4O4. The number of amides is 1. The van der Waals surface area contributed by atoms with Crippen molar-refractivity contribution in [2.24, 2.45) is 5.92 Å². The van der Waals surface area contributed by atoms with Crippen LogP contribution in [0.5, 0.6) is 0 Å². The summed E-state index contributed by atoms with van der Waals surface area (Å²) in [5, 5.41) is 10.7. The highest BCUT2D eigenvalue weighted by Crippen LogP contribution is 2.30. The number of likely N-dealkylation sites (tertiary alicyclic amines) is 1. The molecule has 8 nitrogen and oxygen atoms in total. The normalized spacial score (nSPS) is 20.6. The largest absolute Gasteiger partial charge is 0.444 e. The van der Waals surface area contributed by atoms with Crippen LogP contribution < -0.4 is 5.56 Å². The molecule has 0 bridgehead atoms. The van der Waals surface area contributed by atoms with Crippen molar-refractivity contribution >= 4 is 17.1 Å². The van der Waals surface area contributed by atoms with Crippen LogP contribution in [0.4, 0.5) is 4.79 Å². The van der Waals surface area contributed by atoms with Crippen molar-refractivity contribution in [1.29, 1.82) is 0 Å². The fraction of sp³-hybridized carbons (Fsp3) is 0.524. The number of aliphatic hydroxyl groups excluding tert-OH is 1. The van der Waals surface area contributed by atoms with Crippen LogP contribution in [-0.2, 0) is 11.3 Å². The molecule has 1 saturated heterocycles. The monoisotopic (exact) mass is 400 g/mol. The highest BCUT2D eigenvalue weighted by atomic mass is 16.6. The SMILES string of the molecule is C=CC1CCN(C(=O)OC(C)(C)C)[C@@H]1CC(O)Cn1cnc2cccnc2c1=O. The minimum atomic E-state index is -0.842. The van der Waals surface area contributed by atoms with Crippen molar-refractivity contribution in [1.82, 2.24) is 19.4 Å². The molecule has 0 saturated carbocycles. The molecule has 1 N–H and O–H groups in total. The average molecular weight is 400 g/mol. The summed E-state index contributed by atoms with van der Waals surface area (Å²) >= 11 is 0. The van der Waals surface area contributed by atoms with Gasteiger partial charge in [0.15, 0.2) is 5.52 Å². The summed E-state index contributed by atoms with van der Waals surface area (Å²) in [5.74, 6) is 0.0604. The molecule has 1 aliphatic rings. The standard InChI is InChI=1S/C21H28N4O4/c1-5-14-8-10-25(20(28)29-21(2,3)4)17(14)11-15(26)12-24-13-23-16-7-6-9-22-18(16)19(24)27/h5-7,9,13-15,17,26H,1,8,10-12H2,2-4H3/t14?,15?,17-/m1/s1. The Morgan fingerprint density at radius 3 is 2.90 bits per heavy atom. The Morgan fingerprint density at radius 2 is 2.21 bits per heavy atom. The Bertz CT molecular complexity index is 950. The maximum Gasteiger partial charge on any atom is 0.410 e. The number of ether oxygens (including phenoxy) is 1. The number of pyridine rings is 1. The predicted molar refractivity (Wildman–Crippen MR) is 109 cm³/mol. The van der Waals surface area contributed by atoms with Crippen LogP contribution in [0.15, 0.2) is 42.1 Å². The second-order valence-electron chi connectivity index (χ2n) is 8.39. The second kappa shape index (κ2) is 8.32. The van der Waals surface area contributed by atoms with E-state index in [4.69, 9.17) is 4.74 Å². The Hall–Kier alpha value is -2.74. The molecule has 3 atom stereocenters. The number of hydrogen-bond acceptors (Lipinski definition) is 6. The van der Waals surface area contributed by atoms with E-state index < -0.39 is 17.8 Å². The van der Waals surface area contributed by atoms with Gasteiger partial charge in [-0.3, -0.25) is 9.36 Å². The van der Waals surface area contributed by atoms with Crippen molar-refractivity contribution in [2.75, 3.05) is 6.54 Å². The molecule has 3 rings (SSSR count).